The molecular weight excluding hydrogens is 361 g/mol. The standard InChI is InChI=1S/C18H15F3N4O2/c19-18(20,21)14-6-2-1-5-13(14)17(26)25-9-3-4-12(11-25)27-16-15(10-22)23-7-8-24-16/h1-2,5-8,12H,3-4,9,11H2. The lowest BCUT2D eigenvalue weighted by molar-refractivity contribution is -0.138. The van der Waals surface area contributed by atoms with Crippen LogP contribution in [0.5, 0.6) is 5.88 Å². The molecule has 6 nitrogen and oxygen atoms in total. The van der Waals surface area contributed by atoms with Crippen molar-refractivity contribution in [2.24, 2.45) is 0 Å². The quantitative estimate of drug-likeness (QED) is 0.823. The number of carbonyl (C=O) groups is 1. The highest BCUT2D eigenvalue weighted by Crippen LogP contribution is 2.33. The maximum absolute atomic E-state index is 13.2. The fourth-order valence-corrected chi connectivity index (χ4v) is 2.95. The Kier molecular flexibility index (Phi) is 5.26. The second-order valence-corrected chi connectivity index (χ2v) is 6.00. The molecule has 1 saturated heterocycles. The Morgan fingerprint density at radius 2 is 2.00 bits per heavy atom. The van der Waals surface area contributed by atoms with Gasteiger partial charge in [0.05, 0.1) is 17.7 Å². The van der Waals surface area contributed by atoms with Crippen LogP contribution in [0, 0.1) is 11.3 Å². The predicted octanol–water partition coefficient (Wildman–Crippen LogP) is 3.05. The number of nitrogens with zero attached hydrogens (tertiary/aromatic N) is 4. The van der Waals surface area contributed by atoms with Crippen molar-refractivity contribution in [3.05, 3.63) is 53.5 Å². The number of alkyl halides is 3. The normalized spacial score (nSPS) is 17.3. The number of halogens is 3. The van der Waals surface area contributed by atoms with Crippen LogP contribution in [-0.2, 0) is 6.18 Å². The van der Waals surface area contributed by atoms with Gasteiger partial charge in [0.2, 0.25) is 5.69 Å². The Balaban J connectivity index is 1.77. The molecule has 0 radical (unpaired) electrons. The van der Waals surface area contributed by atoms with E-state index in [0.717, 1.165) is 6.07 Å². The number of ether oxygens (including phenoxy) is 1. The monoisotopic (exact) mass is 376 g/mol. The van der Waals surface area contributed by atoms with E-state index < -0.39 is 23.8 Å². The number of aromatic nitrogens is 2. The van der Waals surface area contributed by atoms with Crippen molar-refractivity contribution >= 4 is 5.91 Å². The van der Waals surface area contributed by atoms with Gasteiger partial charge in [-0.2, -0.15) is 18.4 Å². The first-order valence-electron chi connectivity index (χ1n) is 8.23. The molecule has 0 saturated carbocycles. The van der Waals surface area contributed by atoms with E-state index in [-0.39, 0.29) is 23.7 Å². The summed E-state index contributed by atoms with van der Waals surface area (Å²) in [6, 6.07) is 6.58. The van der Waals surface area contributed by atoms with Gasteiger partial charge < -0.3 is 9.64 Å². The third-order valence-electron chi connectivity index (χ3n) is 4.18. The molecule has 9 heteroatoms. The van der Waals surface area contributed by atoms with Crippen LogP contribution in [0.1, 0.15) is 34.5 Å². The predicted molar refractivity (Wildman–Crippen MR) is 87.7 cm³/mol. The lowest BCUT2D eigenvalue weighted by Crippen LogP contribution is -2.45. The summed E-state index contributed by atoms with van der Waals surface area (Å²) >= 11 is 0. The average Bonchev–Trinajstić information content (AvgIpc) is 2.67. The fourth-order valence-electron chi connectivity index (χ4n) is 2.95. The molecule has 1 atom stereocenters. The van der Waals surface area contributed by atoms with Crippen molar-refractivity contribution in [3.63, 3.8) is 0 Å². The van der Waals surface area contributed by atoms with Gasteiger partial charge in [-0.3, -0.25) is 4.79 Å². The topological polar surface area (TPSA) is 79.1 Å². The van der Waals surface area contributed by atoms with E-state index in [9.17, 15) is 18.0 Å². The van der Waals surface area contributed by atoms with E-state index in [4.69, 9.17) is 10.00 Å². The number of likely N-dealkylation sites (tertiary alicyclic amines) is 1. The Bertz CT molecular complexity index is 879. The van der Waals surface area contributed by atoms with E-state index in [2.05, 4.69) is 9.97 Å². The zero-order valence-corrected chi connectivity index (χ0v) is 14.1. The third-order valence-corrected chi connectivity index (χ3v) is 4.18. The van der Waals surface area contributed by atoms with Crippen molar-refractivity contribution in [2.75, 3.05) is 13.1 Å². The average molecular weight is 376 g/mol. The van der Waals surface area contributed by atoms with Gasteiger partial charge in [0.1, 0.15) is 12.2 Å². The van der Waals surface area contributed by atoms with Crippen LogP contribution in [0.25, 0.3) is 0 Å². The van der Waals surface area contributed by atoms with E-state index in [1.165, 1.54) is 35.5 Å². The Labute approximate surface area is 153 Å². The Morgan fingerprint density at radius 1 is 1.26 bits per heavy atom. The molecule has 1 amide bonds. The molecule has 3 rings (SSSR count). The zero-order valence-electron chi connectivity index (χ0n) is 14.1. The summed E-state index contributed by atoms with van der Waals surface area (Å²) in [5.41, 5.74) is -1.33. The second kappa shape index (κ2) is 7.61. The molecule has 0 spiro atoms. The number of nitriles is 1. The molecule has 2 aromatic rings. The lowest BCUT2D eigenvalue weighted by Gasteiger charge is -2.33. The smallest absolute Gasteiger partial charge is 0.417 e. The maximum atomic E-state index is 13.2. The first-order chi connectivity index (χ1) is 12.9. The van der Waals surface area contributed by atoms with E-state index in [0.29, 0.717) is 19.4 Å². The van der Waals surface area contributed by atoms with Crippen molar-refractivity contribution in [1.29, 1.82) is 5.26 Å². The van der Waals surface area contributed by atoms with Gasteiger partial charge in [0.25, 0.3) is 11.8 Å². The molecule has 1 aromatic heterocycles. The molecule has 1 aliphatic rings. The van der Waals surface area contributed by atoms with Gasteiger partial charge in [0.15, 0.2) is 0 Å². The molecule has 1 unspecified atom stereocenters. The summed E-state index contributed by atoms with van der Waals surface area (Å²) in [7, 11) is 0. The number of hydrogen-bond donors (Lipinski definition) is 0. The number of amides is 1. The number of carbonyl (C=O) groups excluding carboxylic acids is 1. The molecule has 0 bridgehead atoms. The maximum Gasteiger partial charge on any atom is 0.417 e. The minimum absolute atomic E-state index is 0.0170. The van der Waals surface area contributed by atoms with Crippen LogP contribution in [0.2, 0.25) is 0 Å². The molecule has 1 fully saturated rings. The summed E-state index contributed by atoms with van der Waals surface area (Å²) in [6.07, 6.45) is -1.21. The number of hydrogen-bond acceptors (Lipinski definition) is 5. The largest absolute Gasteiger partial charge is 0.470 e. The SMILES string of the molecule is N#Cc1nccnc1OC1CCCN(C(=O)c2ccccc2C(F)(F)F)C1. The minimum Gasteiger partial charge on any atom is -0.470 e. The number of benzene rings is 1. The molecule has 0 aliphatic carbocycles. The van der Waals surface area contributed by atoms with Crippen LogP contribution in [0.3, 0.4) is 0 Å². The highest BCUT2D eigenvalue weighted by molar-refractivity contribution is 5.96. The van der Waals surface area contributed by atoms with Crippen LogP contribution < -0.4 is 4.74 Å². The molecule has 1 aromatic carbocycles. The van der Waals surface area contributed by atoms with Crippen molar-refractivity contribution in [2.45, 2.75) is 25.1 Å². The molecule has 2 heterocycles. The summed E-state index contributed by atoms with van der Waals surface area (Å²) < 4.78 is 45.2. The Morgan fingerprint density at radius 3 is 2.74 bits per heavy atom. The van der Waals surface area contributed by atoms with Crippen molar-refractivity contribution in [3.8, 4) is 11.9 Å². The summed E-state index contributed by atoms with van der Waals surface area (Å²) in [4.78, 5) is 21.8. The summed E-state index contributed by atoms with van der Waals surface area (Å²) in [5.74, 6) is -0.647. The summed E-state index contributed by atoms with van der Waals surface area (Å²) in [5, 5.41) is 9.04. The fraction of sp³-hybridized carbons (Fsp3) is 0.333. The van der Waals surface area contributed by atoms with E-state index in [1.54, 1.807) is 0 Å². The second-order valence-electron chi connectivity index (χ2n) is 6.00. The van der Waals surface area contributed by atoms with Crippen LogP contribution in [-0.4, -0.2) is 40.0 Å². The molecular formula is C18H15F3N4O2. The minimum atomic E-state index is -4.61. The van der Waals surface area contributed by atoms with Gasteiger partial charge in [-0.05, 0) is 25.0 Å². The summed E-state index contributed by atoms with van der Waals surface area (Å²) in [6.45, 7) is 0.433. The van der Waals surface area contributed by atoms with E-state index >= 15 is 0 Å². The van der Waals surface area contributed by atoms with Crippen molar-refractivity contribution < 1.29 is 22.7 Å². The number of piperidine rings is 1. The Hall–Kier alpha value is -3.15. The van der Waals surface area contributed by atoms with Gasteiger partial charge >= 0.3 is 6.18 Å². The van der Waals surface area contributed by atoms with Crippen LogP contribution >= 0.6 is 0 Å². The van der Waals surface area contributed by atoms with Gasteiger partial charge in [-0.15, -0.1) is 0 Å². The molecule has 27 heavy (non-hydrogen) atoms. The lowest BCUT2D eigenvalue weighted by atomic mass is 10.0. The highest BCUT2D eigenvalue weighted by atomic mass is 19.4. The molecule has 140 valence electrons. The first-order valence-corrected chi connectivity index (χ1v) is 8.23. The van der Waals surface area contributed by atoms with E-state index in [1.807, 2.05) is 6.07 Å². The van der Waals surface area contributed by atoms with Crippen molar-refractivity contribution in [1.82, 2.24) is 14.9 Å². The highest BCUT2D eigenvalue weighted by Gasteiger charge is 2.37. The molecule has 1 aliphatic heterocycles. The van der Waals surface area contributed by atoms with Gasteiger partial charge in [-0.25, -0.2) is 9.97 Å². The van der Waals surface area contributed by atoms with Gasteiger partial charge in [-0.1, -0.05) is 12.1 Å². The van der Waals surface area contributed by atoms with Crippen LogP contribution in [0.15, 0.2) is 36.7 Å². The third kappa shape index (κ3) is 4.16. The van der Waals surface area contributed by atoms with Crippen LogP contribution in [0.4, 0.5) is 13.2 Å². The zero-order chi connectivity index (χ0) is 19.4. The number of rotatable bonds is 3. The first kappa shape index (κ1) is 18.6. The molecule has 0 N–H and O–H groups in total. The van der Waals surface area contributed by atoms with Gasteiger partial charge in [0, 0.05) is 18.9 Å².